The van der Waals surface area contributed by atoms with Gasteiger partial charge < -0.3 is 21.1 Å². The van der Waals surface area contributed by atoms with Crippen LogP contribution in [0.4, 0.5) is 16.2 Å². The van der Waals surface area contributed by atoms with Gasteiger partial charge in [-0.1, -0.05) is 0 Å². The van der Waals surface area contributed by atoms with Crippen LogP contribution >= 0.6 is 0 Å². The number of nitrogens with one attached hydrogen (secondary N) is 1. The molecule has 2 aliphatic heterocycles. The van der Waals surface area contributed by atoms with Gasteiger partial charge in [0.2, 0.25) is 0 Å². The molecule has 0 aliphatic carbocycles. The number of hydrogen-bond acceptors (Lipinski definition) is 6. The minimum atomic E-state index is -4.61. The topological polar surface area (TPSA) is 168 Å². The number of β-lactam (4-membered cyclic amide) rings is 1. The van der Waals surface area contributed by atoms with Gasteiger partial charge >= 0.3 is 45.9 Å². The number of rotatable bonds is 3. The zero-order chi connectivity index (χ0) is 18.4. The van der Waals surface area contributed by atoms with Crippen LogP contribution in [0.5, 0.6) is 0 Å². The Kier molecular flexibility index (Phi) is 5.82. The summed E-state index contributed by atoms with van der Waals surface area (Å²) < 4.78 is 31.7. The molecule has 3 amide bonds. The maximum atomic E-state index is 12.3. The van der Waals surface area contributed by atoms with Crippen LogP contribution in [0.1, 0.15) is 6.42 Å². The van der Waals surface area contributed by atoms with E-state index >= 15 is 0 Å². The van der Waals surface area contributed by atoms with E-state index in [1.165, 1.54) is 29.2 Å². The maximum absolute atomic E-state index is 12.3. The third-order valence-electron chi connectivity index (χ3n) is 4.00. The van der Waals surface area contributed by atoms with E-state index in [1.807, 2.05) is 0 Å². The molecule has 11 nitrogen and oxygen atoms in total. The number of benzene rings is 1. The Labute approximate surface area is 171 Å². The van der Waals surface area contributed by atoms with E-state index in [4.69, 9.17) is 10.3 Å². The van der Waals surface area contributed by atoms with Gasteiger partial charge in [-0.15, -0.1) is 0 Å². The van der Waals surface area contributed by atoms with E-state index in [-0.39, 0.29) is 42.5 Å². The van der Waals surface area contributed by atoms with Crippen molar-refractivity contribution in [3.05, 3.63) is 24.3 Å². The van der Waals surface area contributed by atoms with Crippen LogP contribution in [0.3, 0.4) is 0 Å². The molecule has 2 fully saturated rings. The fourth-order valence-corrected chi connectivity index (χ4v) is 3.88. The standard InChI is InChI=1S/C13H15N5O6S.Na/c14-12(20)15-7-1-3-8(4-2-7)16-13(21)17-6-5-9-10(17)11(19)18(9)25(22,23)24;/h1-4,9-10H,5-6H2,(H,16,21)(H3,14,15,20)(H,22,23,24);/q;+1/p-1/t9-,10+;/m1./s1. The molecule has 0 aromatic heterocycles. The van der Waals surface area contributed by atoms with Crippen molar-refractivity contribution in [3.8, 4) is 0 Å². The second-order valence-electron chi connectivity index (χ2n) is 5.53. The molecule has 0 saturated carbocycles. The predicted octanol–water partition coefficient (Wildman–Crippen LogP) is -4.38. The first-order valence-electron chi connectivity index (χ1n) is 7.18. The van der Waals surface area contributed by atoms with Crippen molar-refractivity contribution < 1.29 is 57.2 Å². The largest absolute Gasteiger partial charge is 1.00 e. The number of aliphatic imine (C=N–C) groups is 1. The van der Waals surface area contributed by atoms with Crippen LogP contribution in [0.25, 0.3) is 0 Å². The molecular weight excluding hydrogens is 377 g/mol. The minimum Gasteiger partial charge on any atom is -0.846 e. The molecule has 0 spiro atoms. The fraction of sp³-hybridized carbons (Fsp3) is 0.308. The third kappa shape index (κ3) is 3.78. The number of carbonyl (C=O) groups is 2. The number of urea groups is 1. The number of anilines is 1. The van der Waals surface area contributed by atoms with Crippen LogP contribution in [-0.4, -0.2) is 58.8 Å². The van der Waals surface area contributed by atoms with Gasteiger partial charge in [0.25, 0.3) is 5.91 Å². The average molecular weight is 391 g/mol. The predicted molar refractivity (Wildman–Crippen MR) is 84.0 cm³/mol. The Bertz CT molecular complexity index is 854. The van der Waals surface area contributed by atoms with E-state index in [9.17, 15) is 23.1 Å². The first-order chi connectivity index (χ1) is 11.7. The molecular formula is C13H14N5NaO6S. The number of likely N-dealkylation sites (tertiary alicyclic amines) is 1. The zero-order valence-electron chi connectivity index (χ0n) is 13.7. The summed E-state index contributed by atoms with van der Waals surface area (Å²) >= 11 is 0. The first kappa shape index (κ1) is 20.5. The summed E-state index contributed by atoms with van der Waals surface area (Å²) in [7, 11) is -4.61. The molecule has 2 heterocycles. The summed E-state index contributed by atoms with van der Waals surface area (Å²) in [5.74, 6) is -0.837. The van der Waals surface area contributed by atoms with E-state index < -0.39 is 40.3 Å². The summed E-state index contributed by atoms with van der Waals surface area (Å²) in [6.45, 7) is 0.175. The Morgan fingerprint density at radius 1 is 1.35 bits per heavy atom. The Balaban J connectivity index is 0.00000243. The van der Waals surface area contributed by atoms with E-state index in [2.05, 4.69) is 10.3 Å². The van der Waals surface area contributed by atoms with E-state index in [0.717, 1.165) is 0 Å². The molecule has 0 unspecified atom stereocenters. The van der Waals surface area contributed by atoms with Crippen LogP contribution in [0, 0.1) is 0 Å². The summed E-state index contributed by atoms with van der Waals surface area (Å²) in [6, 6.07) is 2.88. The molecule has 3 rings (SSSR count). The number of fused-ring (bicyclic) bond motifs is 1. The number of amides is 3. The van der Waals surface area contributed by atoms with Gasteiger partial charge in [0.05, 0.1) is 17.8 Å². The Morgan fingerprint density at radius 2 is 1.96 bits per heavy atom. The Morgan fingerprint density at radius 3 is 2.50 bits per heavy atom. The van der Waals surface area contributed by atoms with Crippen molar-refractivity contribution in [1.82, 2.24) is 9.21 Å². The molecule has 13 heteroatoms. The maximum Gasteiger partial charge on any atom is 1.00 e. The number of amidine groups is 1. The molecule has 1 aromatic carbocycles. The fourth-order valence-electron chi connectivity index (χ4n) is 2.99. The summed E-state index contributed by atoms with van der Waals surface area (Å²) in [5, 5.41) is 13.3. The summed E-state index contributed by atoms with van der Waals surface area (Å²) in [5.41, 5.74) is 5.66. The van der Waals surface area contributed by atoms with E-state index in [0.29, 0.717) is 15.7 Å². The molecule has 4 N–H and O–H groups in total. The summed E-state index contributed by atoms with van der Waals surface area (Å²) in [6.07, 6.45) is 0.250. The van der Waals surface area contributed by atoms with Gasteiger partial charge in [0.1, 0.15) is 6.04 Å². The minimum absolute atomic E-state index is 0. The molecule has 26 heavy (non-hydrogen) atoms. The number of nitrogens with zero attached hydrogens (tertiary/aromatic N) is 3. The van der Waals surface area contributed by atoms with Crippen molar-refractivity contribution in [1.29, 1.82) is 0 Å². The molecule has 0 bridgehead atoms. The van der Waals surface area contributed by atoms with Crippen molar-refractivity contribution in [2.45, 2.75) is 18.5 Å². The Hall–Kier alpha value is -1.86. The van der Waals surface area contributed by atoms with Crippen LogP contribution in [0.2, 0.25) is 0 Å². The van der Waals surface area contributed by atoms with Crippen molar-refractivity contribution in [3.63, 3.8) is 0 Å². The molecule has 1 aromatic rings. The van der Waals surface area contributed by atoms with Gasteiger partial charge in [-0.25, -0.2) is 14.1 Å². The normalized spacial score (nSPS) is 22.3. The van der Waals surface area contributed by atoms with Gasteiger partial charge in [-0.05, 0) is 30.7 Å². The van der Waals surface area contributed by atoms with Gasteiger partial charge in [-0.3, -0.25) is 9.35 Å². The molecule has 2 aliphatic rings. The second kappa shape index (κ2) is 7.40. The molecule has 0 radical (unpaired) electrons. The second-order valence-corrected chi connectivity index (χ2v) is 6.82. The SMILES string of the molecule is NC([O-])=Nc1ccc(NC(=O)N2CC[C@@H]3[C@H]2C(=O)N3S(=O)(=O)O)cc1.[Na+]. The van der Waals surface area contributed by atoms with Crippen molar-refractivity contribution >= 4 is 39.6 Å². The zero-order valence-corrected chi connectivity index (χ0v) is 16.5. The van der Waals surface area contributed by atoms with Crippen LogP contribution < -0.4 is 45.7 Å². The van der Waals surface area contributed by atoms with Crippen LogP contribution in [-0.2, 0) is 15.1 Å². The quantitative estimate of drug-likeness (QED) is 0.154. The average Bonchev–Trinajstić information content (AvgIpc) is 2.86. The van der Waals surface area contributed by atoms with Gasteiger partial charge in [0.15, 0.2) is 0 Å². The summed E-state index contributed by atoms with van der Waals surface area (Å²) in [4.78, 5) is 29.0. The number of hydrogen-bond donors (Lipinski definition) is 3. The number of nitrogens with two attached hydrogens (primary N) is 1. The number of carbonyl (C=O) groups excluding carboxylic acids is 2. The first-order valence-corrected chi connectivity index (χ1v) is 8.58. The van der Waals surface area contributed by atoms with Crippen molar-refractivity contribution in [2.75, 3.05) is 11.9 Å². The molecule has 2 atom stereocenters. The molecule has 134 valence electrons. The van der Waals surface area contributed by atoms with Gasteiger partial charge in [-0.2, -0.15) is 8.42 Å². The van der Waals surface area contributed by atoms with Crippen LogP contribution in [0.15, 0.2) is 29.3 Å². The monoisotopic (exact) mass is 391 g/mol. The molecule has 2 saturated heterocycles. The third-order valence-corrected chi connectivity index (χ3v) is 4.95. The smallest absolute Gasteiger partial charge is 0.846 e. The van der Waals surface area contributed by atoms with E-state index in [1.54, 1.807) is 0 Å². The van der Waals surface area contributed by atoms with Gasteiger partial charge in [0, 0.05) is 12.2 Å². The van der Waals surface area contributed by atoms with Crippen molar-refractivity contribution in [2.24, 2.45) is 10.7 Å².